The third kappa shape index (κ3) is 4.56. The third-order valence-corrected chi connectivity index (χ3v) is 6.64. The van der Waals surface area contributed by atoms with Gasteiger partial charge in [-0.15, -0.1) is 11.3 Å². The molecule has 164 valence electrons. The van der Waals surface area contributed by atoms with Gasteiger partial charge in [-0.3, -0.25) is 4.79 Å². The monoisotopic (exact) mass is 453 g/mol. The predicted octanol–water partition coefficient (Wildman–Crippen LogP) is 6.09. The largest absolute Gasteiger partial charge is 0.356 e. The van der Waals surface area contributed by atoms with E-state index in [1.807, 2.05) is 68.4 Å². The highest BCUT2D eigenvalue weighted by atomic mass is 32.1. The Morgan fingerprint density at radius 2 is 1.73 bits per heavy atom. The number of nitrogens with one attached hydrogen (secondary N) is 1. The Hall–Kier alpha value is -3.77. The first-order chi connectivity index (χ1) is 16.1. The number of aromatic nitrogens is 2. The van der Waals surface area contributed by atoms with Crippen LogP contribution in [0.5, 0.6) is 0 Å². The van der Waals surface area contributed by atoms with Crippen molar-refractivity contribution in [1.82, 2.24) is 15.5 Å². The number of nitrogens with zero attached hydrogens (tertiary/aromatic N) is 2. The zero-order chi connectivity index (χ0) is 22.8. The Bertz CT molecular complexity index is 1420. The van der Waals surface area contributed by atoms with E-state index in [-0.39, 0.29) is 12.3 Å². The molecule has 5 nitrogen and oxygen atoms in total. The molecule has 0 unspecified atom stereocenters. The average molecular weight is 454 g/mol. The maximum atomic E-state index is 12.5. The van der Waals surface area contributed by atoms with Gasteiger partial charge in [0.05, 0.1) is 12.1 Å². The quantitative estimate of drug-likeness (QED) is 0.338. The van der Waals surface area contributed by atoms with Gasteiger partial charge >= 0.3 is 0 Å². The Kier molecular flexibility index (Phi) is 5.75. The predicted molar refractivity (Wildman–Crippen MR) is 132 cm³/mol. The topological polar surface area (TPSA) is 68.0 Å². The molecule has 3 aromatic carbocycles. The fraction of sp³-hybridized carbons (Fsp3) is 0.148. The van der Waals surface area contributed by atoms with Crippen molar-refractivity contribution in [3.63, 3.8) is 0 Å². The molecule has 6 heteroatoms. The van der Waals surface area contributed by atoms with Crippen molar-refractivity contribution in [1.29, 1.82) is 0 Å². The van der Waals surface area contributed by atoms with E-state index in [1.54, 1.807) is 11.3 Å². The van der Waals surface area contributed by atoms with E-state index in [4.69, 9.17) is 9.51 Å². The number of amides is 1. The third-order valence-electron chi connectivity index (χ3n) is 5.75. The molecule has 0 bridgehead atoms. The minimum absolute atomic E-state index is 0.0834. The molecule has 0 saturated heterocycles. The van der Waals surface area contributed by atoms with Crippen LogP contribution in [0.4, 0.5) is 0 Å². The summed E-state index contributed by atoms with van der Waals surface area (Å²) >= 11 is 1.63. The lowest BCUT2D eigenvalue weighted by atomic mass is 10.1. The van der Waals surface area contributed by atoms with Crippen LogP contribution in [0, 0.1) is 13.8 Å². The summed E-state index contributed by atoms with van der Waals surface area (Å²) in [6.45, 7) is 4.54. The first-order valence-electron chi connectivity index (χ1n) is 10.8. The first-order valence-corrected chi connectivity index (χ1v) is 11.7. The fourth-order valence-corrected chi connectivity index (χ4v) is 4.54. The molecule has 2 aromatic heterocycles. The van der Waals surface area contributed by atoms with Crippen LogP contribution in [0.15, 0.2) is 76.6 Å². The molecule has 5 rings (SSSR count). The molecule has 0 aliphatic carbocycles. The zero-order valence-electron chi connectivity index (χ0n) is 18.5. The summed E-state index contributed by atoms with van der Waals surface area (Å²) in [6, 6.07) is 22.3. The smallest absolute Gasteiger partial charge is 0.226 e. The summed E-state index contributed by atoms with van der Waals surface area (Å²) in [7, 11) is 0. The molecule has 1 amide bonds. The lowest BCUT2D eigenvalue weighted by Crippen LogP contribution is -2.24. The Morgan fingerprint density at radius 1 is 0.970 bits per heavy atom. The summed E-state index contributed by atoms with van der Waals surface area (Å²) in [5.41, 5.74) is 7.88. The van der Waals surface area contributed by atoms with E-state index >= 15 is 0 Å². The number of fused-ring (bicyclic) bond motifs is 1. The van der Waals surface area contributed by atoms with E-state index in [0.29, 0.717) is 17.8 Å². The van der Waals surface area contributed by atoms with Crippen molar-refractivity contribution in [2.75, 3.05) is 0 Å². The SMILES string of the molecule is Cc1cc2onc(CC(=O)NCc3ccc(-c4nc(-c5ccccc5)cs4)cc3)c2cc1C. The van der Waals surface area contributed by atoms with Gasteiger partial charge in [0.1, 0.15) is 10.7 Å². The number of carbonyl (C=O) groups is 1. The number of aryl methyl sites for hydroxylation is 2. The molecule has 0 aliphatic rings. The van der Waals surface area contributed by atoms with Crippen LogP contribution in [-0.2, 0) is 17.8 Å². The van der Waals surface area contributed by atoms with Gasteiger partial charge in [0, 0.05) is 28.4 Å². The van der Waals surface area contributed by atoms with Crippen LogP contribution in [0.3, 0.4) is 0 Å². The van der Waals surface area contributed by atoms with Gasteiger partial charge in [0.15, 0.2) is 5.58 Å². The van der Waals surface area contributed by atoms with Gasteiger partial charge in [0.25, 0.3) is 0 Å². The molecule has 2 heterocycles. The zero-order valence-corrected chi connectivity index (χ0v) is 19.3. The first kappa shape index (κ1) is 21.1. The van der Waals surface area contributed by atoms with E-state index in [0.717, 1.165) is 43.9 Å². The Balaban J connectivity index is 1.21. The van der Waals surface area contributed by atoms with Gasteiger partial charge in [-0.25, -0.2) is 4.98 Å². The number of benzene rings is 3. The average Bonchev–Trinajstić information content (AvgIpc) is 3.47. The number of thiazole rings is 1. The molecule has 33 heavy (non-hydrogen) atoms. The van der Waals surface area contributed by atoms with Crippen LogP contribution in [0.1, 0.15) is 22.4 Å². The summed E-state index contributed by atoms with van der Waals surface area (Å²) in [5, 5.41) is 11.0. The van der Waals surface area contributed by atoms with E-state index in [2.05, 4.69) is 28.0 Å². The van der Waals surface area contributed by atoms with E-state index in [9.17, 15) is 4.79 Å². The molecule has 0 radical (unpaired) electrons. The summed E-state index contributed by atoms with van der Waals surface area (Å²) < 4.78 is 5.40. The summed E-state index contributed by atoms with van der Waals surface area (Å²) in [6.07, 6.45) is 0.189. The van der Waals surface area contributed by atoms with Crippen molar-refractivity contribution in [2.24, 2.45) is 0 Å². The maximum Gasteiger partial charge on any atom is 0.226 e. The van der Waals surface area contributed by atoms with Crippen LogP contribution in [0.2, 0.25) is 0 Å². The van der Waals surface area contributed by atoms with Crippen molar-refractivity contribution >= 4 is 28.2 Å². The highest BCUT2D eigenvalue weighted by Gasteiger charge is 2.14. The number of carbonyl (C=O) groups excluding carboxylic acids is 1. The second-order valence-corrected chi connectivity index (χ2v) is 8.97. The van der Waals surface area contributed by atoms with Crippen LogP contribution < -0.4 is 5.32 Å². The highest BCUT2D eigenvalue weighted by Crippen LogP contribution is 2.29. The van der Waals surface area contributed by atoms with Gasteiger partial charge in [-0.2, -0.15) is 0 Å². The number of hydrogen-bond donors (Lipinski definition) is 1. The molecule has 0 aliphatic heterocycles. The molecule has 0 fully saturated rings. The molecule has 0 atom stereocenters. The van der Waals surface area contributed by atoms with Crippen molar-refractivity contribution in [3.8, 4) is 21.8 Å². The molecule has 5 aromatic rings. The molecule has 0 spiro atoms. The standard InChI is InChI=1S/C27H23N3O2S/c1-17-12-22-23(30-32-25(22)13-18(17)2)14-26(31)28-15-19-8-10-21(11-9-19)27-29-24(16-33-27)20-6-4-3-5-7-20/h3-13,16H,14-15H2,1-2H3,(H,28,31). The highest BCUT2D eigenvalue weighted by molar-refractivity contribution is 7.13. The van der Waals surface area contributed by atoms with Crippen molar-refractivity contribution in [3.05, 3.63) is 94.5 Å². The van der Waals surface area contributed by atoms with Crippen molar-refractivity contribution < 1.29 is 9.32 Å². The lowest BCUT2D eigenvalue weighted by molar-refractivity contribution is -0.120. The van der Waals surface area contributed by atoms with Crippen molar-refractivity contribution in [2.45, 2.75) is 26.8 Å². The van der Waals surface area contributed by atoms with Gasteiger partial charge in [-0.1, -0.05) is 59.8 Å². The van der Waals surface area contributed by atoms with E-state index in [1.165, 1.54) is 0 Å². The van der Waals surface area contributed by atoms with Gasteiger partial charge < -0.3 is 9.84 Å². The molecule has 1 N–H and O–H groups in total. The fourth-order valence-electron chi connectivity index (χ4n) is 3.70. The van der Waals surface area contributed by atoms with E-state index < -0.39 is 0 Å². The van der Waals surface area contributed by atoms with Crippen LogP contribution in [0.25, 0.3) is 32.8 Å². The second-order valence-electron chi connectivity index (χ2n) is 8.12. The molecule has 0 saturated carbocycles. The Labute approximate surface area is 196 Å². The van der Waals surface area contributed by atoms with Crippen LogP contribution in [-0.4, -0.2) is 16.0 Å². The van der Waals surface area contributed by atoms with Crippen LogP contribution >= 0.6 is 11.3 Å². The Morgan fingerprint density at radius 3 is 2.52 bits per heavy atom. The maximum absolute atomic E-state index is 12.5. The normalized spacial score (nSPS) is 11.1. The van der Waals surface area contributed by atoms with Gasteiger partial charge in [0.2, 0.25) is 5.91 Å². The summed E-state index contributed by atoms with van der Waals surface area (Å²) in [5.74, 6) is -0.0834. The number of rotatable bonds is 6. The molecular weight excluding hydrogens is 430 g/mol. The second kappa shape index (κ2) is 9.00. The molecular formula is C27H23N3O2S. The summed E-state index contributed by atoms with van der Waals surface area (Å²) in [4.78, 5) is 17.3. The minimum atomic E-state index is -0.0834. The number of hydrogen-bond acceptors (Lipinski definition) is 5. The lowest BCUT2D eigenvalue weighted by Gasteiger charge is -2.06. The minimum Gasteiger partial charge on any atom is -0.356 e. The van der Waals surface area contributed by atoms with Gasteiger partial charge in [-0.05, 0) is 42.7 Å².